The Labute approximate surface area is 155 Å². The Bertz CT molecular complexity index is 862. The minimum absolute atomic E-state index is 0.259. The molecule has 0 radical (unpaired) electrons. The maximum absolute atomic E-state index is 12.4. The van der Waals surface area contributed by atoms with Gasteiger partial charge in [0.25, 0.3) is 5.91 Å². The first-order valence-corrected chi connectivity index (χ1v) is 10.3. The van der Waals surface area contributed by atoms with Gasteiger partial charge in [0.05, 0.1) is 4.90 Å². The molecule has 0 atom stereocenters. The van der Waals surface area contributed by atoms with E-state index >= 15 is 0 Å². The molecule has 2 aromatic rings. The maximum Gasteiger partial charge on any atom is 0.270 e. The normalized spacial score (nSPS) is 11.4. The minimum atomic E-state index is -3.22. The number of rotatable bonds is 7. The number of amides is 1. The topological polar surface area (TPSA) is 79.4 Å². The van der Waals surface area contributed by atoms with Gasteiger partial charge in [0.15, 0.2) is 9.84 Å². The lowest BCUT2D eigenvalue weighted by atomic mass is 10.2. The van der Waals surface area contributed by atoms with E-state index < -0.39 is 9.84 Å². The van der Waals surface area contributed by atoms with Crippen LogP contribution >= 0.6 is 0 Å². The van der Waals surface area contributed by atoms with Crippen LogP contribution in [0.4, 0.5) is 5.82 Å². The number of carbonyl (C=O) groups excluding carboxylic acids is 1. The molecule has 0 bridgehead atoms. The van der Waals surface area contributed by atoms with Crippen molar-refractivity contribution in [3.8, 4) is 0 Å². The summed E-state index contributed by atoms with van der Waals surface area (Å²) in [5.41, 5.74) is 1.17. The van der Waals surface area contributed by atoms with Gasteiger partial charge < -0.3 is 10.2 Å². The van der Waals surface area contributed by atoms with Crippen molar-refractivity contribution in [2.45, 2.75) is 25.3 Å². The highest BCUT2D eigenvalue weighted by Crippen LogP contribution is 2.13. The summed E-state index contributed by atoms with van der Waals surface area (Å²) in [7, 11) is -1.27. The Morgan fingerprint density at radius 2 is 1.81 bits per heavy atom. The van der Waals surface area contributed by atoms with E-state index in [9.17, 15) is 13.2 Å². The monoisotopic (exact) mass is 375 g/mol. The number of pyridine rings is 1. The molecule has 0 saturated heterocycles. The number of anilines is 1. The zero-order valence-electron chi connectivity index (χ0n) is 15.6. The van der Waals surface area contributed by atoms with Gasteiger partial charge in [-0.15, -0.1) is 0 Å². The molecule has 26 heavy (non-hydrogen) atoms. The Balaban J connectivity index is 2.02. The van der Waals surface area contributed by atoms with Gasteiger partial charge in [0.1, 0.15) is 11.5 Å². The summed E-state index contributed by atoms with van der Waals surface area (Å²) in [5.74, 6) is 0.982. The minimum Gasteiger partial charge on any atom is -0.359 e. The molecule has 1 aromatic heterocycles. The highest BCUT2D eigenvalue weighted by molar-refractivity contribution is 7.90. The van der Waals surface area contributed by atoms with Crippen LogP contribution in [0.2, 0.25) is 0 Å². The van der Waals surface area contributed by atoms with Crippen molar-refractivity contribution < 1.29 is 13.2 Å². The van der Waals surface area contributed by atoms with Crippen LogP contribution in [0.15, 0.2) is 47.4 Å². The summed E-state index contributed by atoms with van der Waals surface area (Å²) in [4.78, 5) is 19.1. The fraction of sp³-hybridized carbons (Fsp3) is 0.368. The third-order valence-electron chi connectivity index (χ3n) is 3.80. The van der Waals surface area contributed by atoms with Crippen LogP contribution in [0.25, 0.3) is 0 Å². The molecule has 0 unspecified atom stereocenters. The lowest BCUT2D eigenvalue weighted by Gasteiger charge is -2.20. The zero-order chi connectivity index (χ0) is 19.3. The zero-order valence-corrected chi connectivity index (χ0v) is 16.4. The van der Waals surface area contributed by atoms with Crippen molar-refractivity contribution >= 4 is 21.6 Å². The first-order chi connectivity index (χ1) is 12.2. The van der Waals surface area contributed by atoms with Gasteiger partial charge in [0, 0.05) is 26.4 Å². The molecule has 1 amide bonds. The molecule has 0 aliphatic carbocycles. The number of aromatic nitrogens is 1. The number of benzene rings is 1. The fourth-order valence-corrected chi connectivity index (χ4v) is 3.16. The van der Waals surface area contributed by atoms with Gasteiger partial charge in [-0.2, -0.15) is 0 Å². The third-order valence-corrected chi connectivity index (χ3v) is 4.93. The van der Waals surface area contributed by atoms with Gasteiger partial charge in [-0.1, -0.05) is 32.0 Å². The number of carbonyl (C=O) groups is 1. The molecule has 1 aromatic carbocycles. The summed E-state index contributed by atoms with van der Waals surface area (Å²) in [6.45, 7) is 5.41. The van der Waals surface area contributed by atoms with Crippen LogP contribution < -0.4 is 10.2 Å². The molecule has 1 heterocycles. The number of hydrogen-bond donors (Lipinski definition) is 1. The standard InChI is InChI=1S/C19H25N3O3S/c1-14(2)13-22(3)18-7-5-6-17(21-18)19(23)20-12-15-8-10-16(11-9-15)26(4,24)25/h5-11,14H,12-13H2,1-4H3,(H,20,23). The first kappa shape index (κ1) is 19.9. The van der Waals surface area contributed by atoms with Crippen LogP contribution in [0.3, 0.4) is 0 Å². The molecule has 0 saturated carbocycles. The molecule has 0 aliphatic rings. The predicted octanol–water partition coefficient (Wildman–Crippen LogP) is 2.51. The number of nitrogens with zero attached hydrogens (tertiary/aromatic N) is 2. The highest BCUT2D eigenvalue weighted by atomic mass is 32.2. The van der Waals surface area contributed by atoms with Gasteiger partial charge >= 0.3 is 0 Å². The molecule has 0 fully saturated rings. The van der Waals surface area contributed by atoms with Crippen LogP contribution in [0.1, 0.15) is 29.9 Å². The maximum atomic E-state index is 12.4. The number of sulfone groups is 1. The van der Waals surface area contributed by atoms with Gasteiger partial charge in [0.2, 0.25) is 0 Å². The Morgan fingerprint density at radius 1 is 1.15 bits per heavy atom. The molecule has 0 aliphatic heterocycles. The summed E-state index contributed by atoms with van der Waals surface area (Å²) in [6, 6.07) is 11.8. The number of nitrogens with one attached hydrogen (secondary N) is 1. The quantitative estimate of drug-likeness (QED) is 0.804. The SMILES string of the molecule is CC(C)CN(C)c1cccc(C(=O)NCc2ccc(S(C)(=O)=O)cc2)n1. The molecular formula is C19H25N3O3S. The van der Waals surface area contributed by atoms with Gasteiger partial charge in [-0.05, 0) is 35.7 Å². The summed E-state index contributed by atoms with van der Waals surface area (Å²) in [6.07, 6.45) is 1.17. The van der Waals surface area contributed by atoms with Gasteiger partial charge in [-0.25, -0.2) is 13.4 Å². The molecule has 0 spiro atoms. The van der Waals surface area contributed by atoms with E-state index in [1.54, 1.807) is 18.2 Å². The second-order valence-electron chi connectivity index (χ2n) is 6.75. The molecular weight excluding hydrogens is 350 g/mol. The Hall–Kier alpha value is -2.41. The van der Waals surface area contributed by atoms with E-state index in [1.807, 2.05) is 24.1 Å². The van der Waals surface area contributed by atoms with Crippen LogP contribution in [-0.2, 0) is 16.4 Å². The Kier molecular flexibility index (Phi) is 6.37. The van der Waals surface area contributed by atoms with Crippen LogP contribution in [-0.4, -0.2) is 39.2 Å². The summed E-state index contributed by atoms with van der Waals surface area (Å²) < 4.78 is 22.9. The van der Waals surface area contributed by atoms with Crippen LogP contribution in [0.5, 0.6) is 0 Å². The van der Waals surface area contributed by atoms with Gasteiger partial charge in [-0.3, -0.25) is 4.79 Å². The van der Waals surface area contributed by atoms with Crippen molar-refractivity contribution in [1.29, 1.82) is 0 Å². The van der Waals surface area contributed by atoms with E-state index in [4.69, 9.17) is 0 Å². The smallest absolute Gasteiger partial charge is 0.270 e. The molecule has 6 nitrogen and oxygen atoms in total. The predicted molar refractivity (Wildman–Crippen MR) is 103 cm³/mol. The van der Waals surface area contributed by atoms with Crippen LogP contribution in [0, 0.1) is 5.92 Å². The van der Waals surface area contributed by atoms with E-state index in [0.29, 0.717) is 18.2 Å². The molecule has 2 rings (SSSR count). The molecule has 7 heteroatoms. The average molecular weight is 375 g/mol. The van der Waals surface area contributed by atoms with Crippen molar-refractivity contribution in [2.75, 3.05) is 24.7 Å². The summed E-state index contributed by atoms with van der Waals surface area (Å²) >= 11 is 0. The fourth-order valence-electron chi connectivity index (χ4n) is 2.53. The van der Waals surface area contributed by atoms with Crippen molar-refractivity contribution in [3.63, 3.8) is 0 Å². The molecule has 1 N–H and O–H groups in total. The van der Waals surface area contributed by atoms with E-state index in [0.717, 1.165) is 17.9 Å². The second-order valence-corrected chi connectivity index (χ2v) is 8.77. The lowest BCUT2D eigenvalue weighted by molar-refractivity contribution is 0.0946. The van der Waals surface area contributed by atoms with E-state index in [1.165, 1.54) is 18.4 Å². The van der Waals surface area contributed by atoms with Crippen molar-refractivity contribution in [2.24, 2.45) is 5.92 Å². The first-order valence-electron chi connectivity index (χ1n) is 8.42. The third kappa shape index (κ3) is 5.56. The lowest BCUT2D eigenvalue weighted by Crippen LogP contribution is -2.26. The van der Waals surface area contributed by atoms with E-state index in [-0.39, 0.29) is 10.8 Å². The van der Waals surface area contributed by atoms with Crippen molar-refractivity contribution in [1.82, 2.24) is 10.3 Å². The average Bonchev–Trinajstić information content (AvgIpc) is 2.58. The highest BCUT2D eigenvalue weighted by Gasteiger charge is 2.11. The Morgan fingerprint density at radius 3 is 2.38 bits per heavy atom. The number of hydrogen-bond acceptors (Lipinski definition) is 5. The summed E-state index contributed by atoms with van der Waals surface area (Å²) in [5, 5.41) is 2.81. The van der Waals surface area contributed by atoms with Crippen molar-refractivity contribution in [3.05, 3.63) is 53.7 Å². The second kappa shape index (κ2) is 8.31. The largest absolute Gasteiger partial charge is 0.359 e. The van der Waals surface area contributed by atoms with E-state index in [2.05, 4.69) is 24.1 Å². The molecule has 140 valence electrons.